The first-order chi connectivity index (χ1) is 9.47. The van der Waals surface area contributed by atoms with Crippen LogP contribution in [0.4, 0.5) is 0 Å². The number of hydrogen-bond donors (Lipinski definition) is 0. The van der Waals surface area contributed by atoms with E-state index in [1.54, 1.807) is 0 Å². The Hall–Kier alpha value is -2.23. The van der Waals surface area contributed by atoms with E-state index in [4.69, 9.17) is 0 Å². The van der Waals surface area contributed by atoms with Gasteiger partial charge in [-0.2, -0.15) is 0 Å². The summed E-state index contributed by atoms with van der Waals surface area (Å²) >= 11 is 0. The minimum Gasteiger partial charge on any atom is -0.310 e. The molecule has 1 aromatic carbocycles. The molecule has 0 bridgehead atoms. The number of fused-ring (bicyclic) bond motifs is 1. The lowest BCUT2D eigenvalue weighted by Gasteiger charge is -2.24. The Morgan fingerprint density at radius 2 is 1.70 bits per heavy atom. The van der Waals surface area contributed by atoms with Gasteiger partial charge >= 0.3 is 0 Å². The standard InChI is InChI=1S/C16H18N4/c1-11-5-7-12(8-6-11)14-13-9-17-10-20(16(2,3)4)15(13)19-18-14/h5-10H,1-4H3. The molecular formula is C16H18N4. The van der Waals surface area contributed by atoms with Crippen molar-refractivity contribution in [2.45, 2.75) is 33.2 Å². The molecule has 2 aliphatic heterocycles. The van der Waals surface area contributed by atoms with E-state index in [0.717, 1.165) is 22.6 Å². The van der Waals surface area contributed by atoms with Crippen molar-refractivity contribution in [3.63, 3.8) is 0 Å². The molecule has 0 fully saturated rings. The van der Waals surface area contributed by atoms with Gasteiger partial charge in [-0.25, -0.2) is 4.98 Å². The number of hydrogen-bond acceptors (Lipinski definition) is 3. The molecule has 0 amide bonds. The van der Waals surface area contributed by atoms with Gasteiger partial charge in [0.2, 0.25) is 0 Å². The Labute approximate surface area is 118 Å². The van der Waals surface area contributed by atoms with Crippen LogP contribution in [0.2, 0.25) is 0 Å². The predicted octanol–water partition coefficient (Wildman–Crippen LogP) is 3.51. The summed E-state index contributed by atoms with van der Waals surface area (Å²) in [6, 6.07) is 8.33. The maximum absolute atomic E-state index is 4.36. The van der Waals surface area contributed by atoms with E-state index >= 15 is 0 Å². The van der Waals surface area contributed by atoms with Crippen LogP contribution in [-0.4, -0.2) is 19.7 Å². The topological polar surface area (TPSA) is 43.6 Å². The predicted molar refractivity (Wildman–Crippen MR) is 79.6 cm³/mol. The van der Waals surface area contributed by atoms with Crippen LogP contribution in [0.15, 0.2) is 36.8 Å². The third-order valence-corrected chi connectivity index (χ3v) is 3.40. The summed E-state index contributed by atoms with van der Waals surface area (Å²) < 4.78 is 2.06. The zero-order valence-electron chi connectivity index (χ0n) is 12.3. The van der Waals surface area contributed by atoms with Crippen LogP contribution in [0.3, 0.4) is 0 Å². The highest BCUT2D eigenvalue weighted by Gasteiger charge is 2.23. The molecule has 102 valence electrons. The molecule has 2 heterocycles. The van der Waals surface area contributed by atoms with Crippen LogP contribution < -0.4 is 0 Å². The van der Waals surface area contributed by atoms with Crippen LogP contribution in [0.5, 0.6) is 0 Å². The van der Waals surface area contributed by atoms with E-state index in [-0.39, 0.29) is 5.54 Å². The van der Waals surface area contributed by atoms with Crippen LogP contribution in [-0.2, 0) is 5.54 Å². The Morgan fingerprint density at radius 3 is 2.35 bits per heavy atom. The maximum Gasteiger partial charge on any atom is 0.168 e. The number of benzene rings is 1. The molecule has 0 aromatic heterocycles. The summed E-state index contributed by atoms with van der Waals surface area (Å²) in [5.74, 6) is 0.878. The molecule has 0 aliphatic carbocycles. The molecule has 2 aliphatic rings. The first-order valence-corrected chi connectivity index (χ1v) is 6.73. The smallest absolute Gasteiger partial charge is 0.168 e. The van der Waals surface area contributed by atoms with Crippen molar-refractivity contribution in [2.24, 2.45) is 0 Å². The molecule has 20 heavy (non-hydrogen) atoms. The highest BCUT2D eigenvalue weighted by atomic mass is 15.2. The van der Waals surface area contributed by atoms with Gasteiger partial charge in [0.1, 0.15) is 5.69 Å². The minimum absolute atomic E-state index is 0.0694. The first kappa shape index (κ1) is 12.8. The summed E-state index contributed by atoms with van der Waals surface area (Å²) in [6.45, 7) is 8.48. The number of aryl methyl sites for hydroxylation is 1. The molecule has 0 radical (unpaired) electrons. The third kappa shape index (κ3) is 2.07. The van der Waals surface area contributed by atoms with Crippen molar-refractivity contribution in [3.05, 3.63) is 42.4 Å². The monoisotopic (exact) mass is 266 g/mol. The molecule has 3 rings (SSSR count). The van der Waals surface area contributed by atoms with E-state index in [9.17, 15) is 0 Å². The molecule has 0 saturated heterocycles. The van der Waals surface area contributed by atoms with Gasteiger partial charge in [-0.05, 0) is 27.7 Å². The lowest BCUT2D eigenvalue weighted by Crippen LogP contribution is -2.24. The fourth-order valence-corrected chi connectivity index (χ4v) is 2.25. The molecule has 4 nitrogen and oxygen atoms in total. The normalized spacial score (nSPS) is 12.0. The van der Waals surface area contributed by atoms with Crippen LogP contribution in [0.25, 0.3) is 22.6 Å². The van der Waals surface area contributed by atoms with Gasteiger partial charge in [0.05, 0.1) is 11.9 Å². The lowest BCUT2D eigenvalue weighted by molar-refractivity contribution is 0.390. The summed E-state index contributed by atoms with van der Waals surface area (Å²) in [4.78, 5) is 4.34. The van der Waals surface area contributed by atoms with Gasteiger partial charge in [-0.15, -0.1) is 10.2 Å². The molecule has 1 aromatic rings. The molecule has 4 heteroatoms. The second-order valence-electron chi connectivity index (χ2n) is 6.09. The molecule has 0 spiro atoms. The SMILES string of the molecule is Cc1ccc(-c2nnc3n(C(C)(C)C)cncc2-3)cc1. The van der Waals surface area contributed by atoms with Gasteiger partial charge in [0.25, 0.3) is 0 Å². The summed E-state index contributed by atoms with van der Waals surface area (Å²) in [5, 5.41) is 8.72. The second-order valence-corrected chi connectivity index (χ2v) is 6.09. The summed E-state index contributed by atoms with van der Waals surface area (Å²) in [5.41, 5.74) is 4.13. The van der Waals surface area contributed by atoms with Gasteiger partial charge in [-0.3, -0.25) is 0 Å². The molecule has 0 N–H and O–H groups in total. The lowest BCUT2D eigenvalue weighted by atomic mass is 10.0. The highest BCUT2D eigenvalue weighted by molar-refractivity contribution is 5.78. The van der Waals surface area contributed by atoms with Crippen LogP contribution in [0, 0.1) is 6.92 Å². The van der Waals surface area contributed by atoms with Gasteiger partial charge in [-0.1, -0.05) is 29.8 Å². The van der Waals surface area contributed by atoms with Crippen LogP contribution in [0.1, 0.15) is 26.3 Å². The Morgan fingerprint density at radius 1 is 1.00 bits per heavy atom. The van der Waals surface area contributed by atoms with E-state index in [0.29, 0.717) is 0 Å². The van der Waals surface area contributed by atoms with E-state index < -0.39 is 0 Å². The van der Waals surface area contributed by atoms with Crippen molar-refractivity contribution >= 4 is 0 Å². The zero-order chi connectivity index (χ0) is 14.3. The van der Waals surface area contributed by atoms with Crippen molar-refractivity contribution < 1.29 is 0 Å². The van der Waals surface area contributed by atoms with Gasteiger partial charge < -0.3 is 4.57 Å². The summed E-state index contributed by atoms with van der Waals surface area (Å²) in [7, 11) is 0. The minimum atomic E-state index is -0.0694. The molecule has 0 unspecified atom stereocenters. The first-order valence-electron chi connectivity index (χ1n) is 6.73. The van der Waals surface area contributed by atoms with Crippen molar-refractivity contribution in [1.82, 2.24) is 19.7 Å². The summed E-state index contributed by atoms with van der Waals surface area (Å²) in [6.07, 6.45) is 3.66. The number of rotatable bonds is 1. The fourth-order valence-electron chi connectivity index (χ4n) is 2.25. The fraction of sp³-hybridized carbons (Fsp3) is 0.312. The van der Waals surface area contributed by atoms with Crippen molar-refractivity contribution in [2.75, 3.05) is 0 Å². The van der Waals surface area contributed by atoms with Crippen LogP contribution >= 0.6 is 0 Å². The number of nitrogens with zero attached hydrogens (tertiary/aromatic N) is 4. The van der Waals surface area contributed by atoms with E-state index in [1.165, 1.54) is 5.56 Å². The maximum atomic E-state index is 4.36. The van der Waals surface area contributed by atoms with Crippen molar-refractivity contribution in [1.29, 1.82) is 0 Å². The second kappa shape index (κ2) is 4.40. The average Bonchev–Trinajstić information content (AvgIpc) is 2.82. The Balaban J connectivity index is 2.14. The van der Waals surface area contributed by atoms with E-state index in [2.05, 4.69) is 71.7 Å². The third-order valence-electron chi connectivity index (χ3n) is 3.40. The largest absolute Gasteiger partial charge is 0.310 e. The highest BCUT2D eigenvalue weighted by Crippen LogP contribution is 2.32. The number of aromatic nitrogens is 4. The average molecular weight is 266 g/mol. The Kier molecular flexibility index (Phi) is 2.82. The Bertz CT molecular complexity index is 704. The molecule has 0 saturated carbocycles. The van der Waals surface area contributed by atoms with Crippen molar-refractivity contribution in [3.8, 4) is 22.6 Å². The quantitative estimate of drug-likeness (QED) is 0.677. The zero-order valence-corrected chi connectivity index (χ0v) is 12.3. The van der Waals surface area contributed by atoms with Gasteiger partial charge in [0.15, 0.2) is 5.82 Å². The molecular weight excluding hydrogens is 248 g/mol. The molecule has 0 atom stereocenters. The van der Waals surface area contributed by atoms with Gasteiger partial charge in [0, 0.05) is 17.3 Å². The van der Waals surface area contributed by atoms with E-state index in [1.807, 2.05) is 12.5 Å².